The van der Waals surface area contributed by atoms with Gasteiger partial charge in [-0.1, -0.05) is 72.3 Å². The van der Waals surface area contributed by atoms with Gasteiger partial charge in [0.25, 0.3) is 0 Å². The van der Waals surface area contributed by atoms with Gasteiger partial charge >= 0.3 is 0 Å². The number of halogens is 1. The maximum atomic E-state index is 9.82. The van der Waals surface area contributed by atoms with Crippen LogP contribution in [-0.4, -0.2) is 52.3 Å². The third kappa shape index (κ3) is 10.2. The Labute approximate surface area is 338 Å². The van der Waals surface area contributed by atoms with Gasteiger partial charge in [0, 0.05) is 61.3 Å². The molecule has 0 unspecified atom stereocenters. The van der Waals surface area contributed by atoms with Crippen molar-refractivity contribution in [1.82, 2.24) is 20.2 Å². The molecule has 1 aliphatic heterocycles. The topological polar surface area (TPSA) is 126 Å². The van der Waals surface area contributed by atoms with E-state index in [1.54, 1.807) is 18.5 Å². The summed E-state index contributed by atoms with van der Waals surface area (Å²) < 4.78 is 25.0. The molecule has 11 heteroatoms. The number of benzene rings is 4. The summed E-state index contributed by atoms with van der Waals surface area (Å²) >= 11 is 6.88. The lowest BCUT2D eigenvalue weighted by Gasteiger charge is -2.19. The number of β-amino-alcohol motifs (C(OH)–C–C–N with tert-alkyl or cyclic N) is 1. The number of nitriles is 1. The minimum absolute atomic E-state index is 0.197. The Balaban J connectivity index is 1.04. The predicted molar refractivity (Wildman–Crippen MR) is 220 cm³/mol. The van der Waals surface area contributed by atoms with E-state index >= 15 is 0 Å². The van der Waals surface area contributed by atoms with Crippen LogP contribution in [0.4, 0.5) is 0 Å². The molecule has 4 aromatic carbocycles. The summed E-state index contributed by atoms with van der Waals surface area (Å²) in [4.78, 5) is 10.9. The summed E-state index contributed by atoms with van der Waals surface area (Å²) in [7, 11) is 0. The number of pyridine rings is 1. The molecular weight excluding hydrogens is 738 g/mol. The van der Waals surface area contributed by atoms with Gasteiger partial charge in [0.15, 0.2) is 5.76 Å². The van der Waals surface area contributed by atoms with Crippen LogP contribution in [0, 0.1) is 25.2 Å². The van der Waals surface area contributed by atoms with Gasteiger partial charge in [-0.3, -0.25) is 4.98 Å². The van der Waals surface area contributed by atoms with E-state index in [4.69, 9.17) is 30.2 Å². The molecular formula is C46H46ClN5O5. The molecule has 1 saturated heterocycles. The zero-order chi connectivity index (χ0) is 39.6. The minimum atomic E-state index is -0.207. The molecule has 10 nitrogen and oxygen atoms in total. The normalized spacial score (nSPS) is 14.1. The van der Waals surface area contributed by atoms with Gasteiger partial charge in [-0.05, 0) is 72.7 Å². The van der Waals surface area contributed by atoms with Crippen molar-refractivity contribution < 1.29 is 23.7 Å². The zero-order valence-electron chi connectivity index (χ0n) is 32.2. The first-order chi connectivity index (χ1) is 27.8. The third-order valence-corrected chi connectivity index (χ3v) is 10.5. The molecule has 1 atom stereocenters. The van der Waals surface area contributed by atoms with Gasteiger partial charge in [0.05, 0.1) is 36.0 Å². The van der Waals surface area contributed by atoms with Crippen LogP contribution in [0.5, 0.6) is 17.2 Å². The van der Waals surface area contributed by atoms with E-state index in [0.29, 0.717) is 60.0 Å². The van der Waals surface area contributed by atoms with Crippen LogP contribution < -0.4 is 19.5 Å². The summed E-state index contributed by atoms with van der Waals surface area (Å²) in [6.45, 7) is 8.73. The number of oxazole rings is 1. The summed E-state index contributed by atoms with van der Waals surface area (Å²) in [5.74, 6) is 3.20. The first-order valence-electron chi connectivity index (χ1n) is 19.2. The SMILES string of the molecule is Cc1c(COc2cc(OCc3cncc(C#N)c3)c(CNCc3ncc(-c4ccccc4)o3)cc2Cl)cccc1-c1cccc(OCCCN2CC[C@@H](O)C2)c1C. The number of aliphatic hydroxyl groups excluding tert-OH is 1. The molecule has 2 aromatic heterocycles. The smallest absolute Gasteiger partial charge is 0.208 e. The standard InChI is InChI=1S/C46H46ClN5O5/c1-31-36(11-6-12-39(31)40-13-7-14-42(32(40)2)54-18-8-16-52-17-15-38(53)28-52)30-56-44-21-43(55-29-34-19-33(22-48)23-49-24-34)37(20-41(44)47)25-50-27-46-51-26-45(57-46)35-9-4-3-5-10-35/h3-7,9-14,19-21,23-24,26,38,50,53H,8,15-18,25,27-30H2,1-2H3/t38-/m1/s1. The summed E-state index contributed by atoms with van der Waals surface area (Å²) in [6.07, 6.45) is 6.47. The molecule has 292 valence electrons. The number of nitrogens with zero attached hydrogens (tertiary/aromatic N) is 4. The highest BCUT2D eigenvalue weighted by molar-refractivity contribution is 6.32. The largest absolute Gasteiger partial charge is 0.493 e. The van der Waals surface area contributed by atoms with Crippen molar-refractivity contribution >= 4 is 11.6 Å². The summed E-state index contributed by atoms with van der Waals surface area (Å²) in [5, 5.41) is 23.0. The van der Waals surface area contributed by atoms with Crippen LogP contribution in [0.3, 0.4) is 0 Å². The van der Waals surface area contributed by atoms with Crippen LogP contribution in [-0.2, 0) is 26.3 Å². The molecule has 0 bridgehead atoms. The summed E-state index contributed by atoms with van der Waals surface area (Å²) in [5.41, 5.74) is 8.42. The van der Waals surface area contributed by atoms with Gasteiger partial charge < -0.3 is 34.0 Å². The molecule has 0 saturated carbocycles. The fraction of sp³-hybridized carbons (Fsp3) is 0.283. The molecule has 7 rings (SSSR count). The number of likely N-dealkylation sites (tertiary alicyclic amines) is 1. The van der Waals surface area contributed by atoms with Crippen molar-refractivity contribution in [2.45, 2.75) is 59.1 Å². The highest BCUT2D eigenvalue weighted by atomic mass is 35.5. The number of hydrogen-bond acceptors (Lipinski definition) is 10. The van der Waals surface area contributed by atoms with Gasteiger partial charge in [0.1, 0.15) is 36.5 Å². The summed E-state index contributed by atoms with van der Waals surface area (Å²) in [6, 6.07) is 29.8. The van der Waals surface area contributed by atoms with Crippen molar-refractivity contribution in [2.75, 3.05) is 26.2 Å². The number of nitrogens with one attached hydrogen (secondary N) is 1. The predicted octanol–water partition coefficient (Wildman–Crippen LogP) is 8.83. The lowest BCUT2D eigenvalue weighted by atomic mass is 9.93. The lowest BCUT2D eigenvalue weighted by molar-refractivity contribution is 0.173. The van der Waals surface area contributed by atoms with E-state index in [-0.39, 0.29) is 12.7 Å². The Morgan fingerprint density at radius 2 is 1.67 bits per heavy atom. The minimum Gasteiger partial charge on any atom is -0.493 e. The van der Waals surface area contributed by atoms with Gasteiger partial charge in [-0.2, -0.15) is 5.26 Å². The van der Waals surface area contributed by atoms with Gasteiger partial charge in [0.2, 0.25) is 5.89 Å². The van der Waals surface area contributed by atoms with Crippen molar-refractivity contribution in [2.24, 2.45) is 0 Å². The first kappa shape index (κ1) is 39.5. The van der Waals surface area contributed by atoms with Crippen molar-refractivity contribution in [1.29, 1.82) is 5.26 Å². The lowest BCUT2D eigenvalue weighted by Crippen LogP contribution is -2.24. The fourth-order valence-corrected chi connectivity index (χ4v) is 7.26. The highest BCUT2D eigenvalue weighted by Crippen LogP contribution is 2.36. The van der Waals surface area contributed by atoms with E-state index in [1.807, 2.05) is 60.7 Å². The molecule has 0 amide bonds. The monoisotopic (exact) mass is 783 g/mol. The maximum absolute atomic E-state index is 9.82. The van der Waals surface area contributed by atoms with E-state index in [9.17, 15) is 10.4 Å². The maximum Gasteiger partial charge on any atom is 0.208 e. The second-order valence-corrected chi connectivity index (χ2v) is 14.6. The first-order valence-corrected chi connectivity index (χ1v) is 19.6. The number of ether oxygens (including phenoxy) is 3. The molecule has 1 aliphatic rings. The molecule has 3 heterocycles. The number of aliphatic hydroxyl groups is 1. The molecule has 2 N–H and O–H groups in total. The van der Waals surface area contributed by atoms with Crippen molar-refractivity contribution in [3.8, 4) is 45.8 Å². The fourth-order valence-electron chi connectivity index (χ4n) is 7.02. The number of hydrogen-bond donors (Lipinski definition) is 2. The van der Waals surface area contributed by atoms with Crippen LogP contribution >= 0.6 is 11.6 Å². The van der Waals surface area contributed by atoms with Crippen molar-refractivity contribution in [3.63, 3.8) is 0 Å². The Kier molecular flexibility index (Phi) is 13.1. The molecule has 6 aromatic rings. The number of rotatable bonds is 17. The third-order valence-electron chi connectivity index (χ3n) is 10.2. The van der Waals surface area contributed by atoms with Crippen LogP contribution in [0.25, 0.3) is 22.5 Å². The van der Waals surface area contributed by atoms with E-state index in [2.05, 4.69) is 58.3 Å². The molecule has 1 fully saturated rings. The average Bonchev–Trinajstić information content (AvgIpc) is 3.89. The van der Waals surface area contributed by atoms with Crippen molar-refractivity contribution in [3.05, 3.63) is 148 Å². The average molecular weight is 784 g/mol. The molecule has 0 aliphatic carbocycles. The Bertz CT molecular complexity index is 2330. The Morgan fingerprint density at radius 1 is 0.860 bits per heavy atom. The van der Waals surface area contributed by atoms with Crippen LogP contribution in [0.1, 0.15) is 52.1 Å². The Hall–Kier alpha value is -5.70. The second-order valence-electron chi connectivity index (χ2n) is 14.2. The molecule has 0 radical (unpaired) electrons. The quantitative estimate of drug-likeness (QED) is 0.0867. The van der Waals surface area contributed by atoms with E-state index < -0.39 is 0 Å². The van der Waals surface area contributed by atoms with E-state index in [1.165, 1.54) is 6.20 Å². The number of aromatic nitrogens is 2. The molecule has 0 spiro atoms. The van der Waals surface area contributed by atoms with Gasteiger partial charge in [-0.15, -0.1) is 0 Å². The molecule has 57 heavy (non-hydrogen) atoms. The van der Waals surface area contributed by atoms with Gasteiger partial charge in [-0.25, -0.2) is 4.98 Å². The zero-order valence-corrected chi connectivity index (χ0v) is 33.0. The van der Waals surface area contributed by atoms with Crippen LogP contribution in [0.2, 0.25) is 5.02 Å². The van der Waals surface area contributed by atoms with Crippen LogP contribution in [0.15, 0.2) is 108 Å². The highest BCUT2D eigenvalue weighted by Gasteiger charge is 2.20. The Morgan fingerprint density at radius 3 is 2.47 bits per heavy atom. The van der Waals surface area contributed by atoms with E-state index in [0.717, 1.165) is 82.7 Å². The second kappa shape index (κ2) is 19.0.